The van der Waals surface area contributed by atoms with Gasteiger partial charge in [-0.3, -0.25) is 4.79 Å². The second-order valence-electron chi connectivity index (χ2n) is 8.51. The first-order valence-electron chi connectivity index (χ1n) is 10.1. The summed E-state index contributed by atoms with van der Waals surface area (Å²) in [7, 11) is 3.24. The summed E-state index contributed by atoms with van der Waals surface area (Å²) in [6, 6.07) is 6.04. The van der Waals surface area contributed by atoms with E-state index in [2.05, 4.69) is 10.3 Å². The summed E-state index contributed by atoms with van der Waals surface area (Å²) >= 11 is 1.46. The molecule has 0 atom stereocenters. The number of carbonyl (C=O) groups is 1. The van der Waals surface area contributed by atoms with Crippen LogP contribution in [0, 0.1) is 23.7 Å². The lowest BCUT2D eigenvalue weighted by molar-refractivity contribution is -0.0120. The molecule has 4 saturated carbocycles. The van der Waals surface area contributed by atoms with Gasteiger partial charge in [-0.25, -0.2) is 4.98 Å². The van der Waals surface area contributed by atoms with E-state index in [9.17, 15) is 4.79 Å². The van der Waals surface area contributed by atoms with Crippen LogP contribution in [0.5, 0.6) is 11.5 Å². The van der Waals surface area contributed by atoms with Gasteiger partial charge in [0, 0.05) is 11.4 Å². The number of carbonyl (C=O) groups excluding carboxylic acids is 1. The van der Waals surface area contributed by atoms with Gasteiger partial charge in [-0.2, -0.15) is 0 Å². The van der Waals surface area contributed by atoms with Gasteiger partial charge in [-0.05, 0) is 67.9 Å². The van der Waals surface area contributed by atoms with Crippen LogP contribution in [-0.2, 0) is 0 Å². The monoisotopic (exact) mass is 398 g/mol. The van der Waals surface area contributed by atoms with E-state index >= 15 is 0 Å². The molecule has 4 fully saturated rings. The van der Waals surface area contributed by atoms with Gasteiger partial charge in [-0.15, -0.1) is 11.3 Å². The smallest absolute Gasteiger partial charge is 0.271 e. The molecule has 0 aliphatic heterocycles. The SMILES string of the molecule is COc1cccc(-c2nc(C(=O)NC3C4CC5CC(C4)CC3C5)cs2)c1OC. The van der Waals surface area contributed by atoms with Crippen LogP contribution in [0.1, 0.15) is 42.6 Å². The summed E-state index contributed by atoms with van der Waals surface area (Å²) in [6.07, 6.45) is 6.59. The van der Waals surface area contributed by atoms with E-state index in [0.717, 1.165) is 22.4 Å². The van der Waals surface area contributed by atoms with E-state index in [1.54, 1.807) is 14.2 Å². The topological polar surface area (TPSA) is 60.5 Å². The molecule has 1 amide bonds. The maximum Gasteiger partial charge on any atom is 0.271 e. The Hall–Kier alpha value is -2.08. The van der Waals surface area contributed by atoms with Gasteiger partial charge in [0.1, 0.15) is 10.7 Å². The molecule has 4 aliphatic carbocycles. The number of aromatic nitrogens is 1. The van der Waals surface area contributed by atoms with Crippen LogP contribution in [0.3, 0.4) is 0 Å². The molecule has 1 N–H and O–H groups in total. The number of thiazole rings is 1. The third kappa shape index (κ3) is 2.98. The molecule has 1 heterocycles. The van der Waals surface area contributed by atoms with Gasteiger partial charge in [0.25, 0.3) is 5.91 Å². The first kappa shape index (κ1) is 18.0. The van der Waals surface area contributed by atoms with Crippen molar-refractivity contribution in [3.8, 4) is 22.1 Å². The molecule has 1 aromatic heterocycles. The van der Waals surface area contributed by atoms with Crippen LogP contribution in [0.15, 0.2) is 23.6 Å². The average Bonchev–Trinajstić information content (AvgIpc) is 3.19. The Morgan fingerprint density at radius 1 is 1.07 bits per heavy atom. The number of rotatable bonds is 5. The fraction of sp³-hybridized carbons (Fsp3) is 0.545. The molecule has 6 heteroatoms. The molecular formula is C22H26N2O3S. The molecule has 148 valence electrons. The second-order valence-corrected chi connectivity index (χ2v) is 9.37. The maximum absolute atomic E-state index is 12.9. The highest BCUT2D eigenvalue weighted by atomic mass is 32.1. The number of methoxy groups -OCH3 is 2. The molecule has 4 bridgehead atoms. The number of nitrogens with one attached hydrogen (secondary N) is 1. The molecule has 2 aromatic rings. The molecule has 0 spiro atoms. The zero-order valence-electron chi connectivity index (χ0n) is 16.3. The molecular weight excluding hydrogens is 372 g/mol. The van der Waals surface area contributed by atoms with E-state index in [4.69, 9.17) is 9.47 Å². The molecule has 0 unspecified atom stereocenters. The number of nitrogens with zero attached hydrogens (tertiary/aromatic N) is 1. The quantitative estimate of drug-likeness (QED) is 0.812. The van der Waals surface area contributed by atoms with Crippen LogP contribution in [-0.4, -0.2) is 31.2 Å². The Morgan fingerprint density at radius 3 is 2.43 bits per heavy atom. The van der Waals surface area contributed by atoms with Crippen molar-refractivity contribution in [3.63, 3.8) is 0 Å². The Labute approximate surface area is 169 Å². The lowest BCUT2D eigenvalue weighted by atomic mass is 9.54. The summed E-state index contributed by atoms with van der Waals surface area (Å²) in [5, 5.41) is 5.96. The molecule has 6 rings (SSSR count). The van der Waals surface area contributed by atoms with E-state index < -0.39 is 0 Å². The van der Waals surface area contributed by atoms with Gasteiger partial charge >= 0.3 is 0 Å². The molecule has 28 heavy (non-hydrogen) atoms. The minimum Gasteiger partial charge on any atom is -0.493 e. The zero-order chi connectivity index (χ0) is 19.3. The van der Waals surface area contributed by atoms with Gasteiger partial charge in [0.2, 0.25) is 0 Å². The molecule has 0 radical (unpaired) electrons. The van der Waals surface area contributed by atoms with E-state index in [1.165, 1.54) is 43.4 Å². The Bertz CT molecular complexity index is 866. The lowest BCUT2D eigenvalue weighted by Gasteiger charge is -2.54. The summed E-state index contributed by atoms with van der Waals surface area (Å²) in [6.45, 7) is 0. The molecule has 0 saturated heterocycles. The number of hydrogen-bond donors (Lipinski definition) is 1. The van der Waals surface area contributed by atoms with Crippen molar-refractivity contribution in [3.05, 3.63) is 29.3 Å². The van der Waals surface area contributed by atoms with E-state index in [0.29, 0.717) is 35.1 Å². The number of amides is 1. The van der Waals surface area contributed by atoms with Gasteiger partial charge < -0.3 is 14.8 Å². The van der Waals surface area contributed by atoms with Gasteiger partial charge in [0.05, 0.1) is 19.8 Å². The highest BCUT2D eigenvalue weighted by Crippen LogP contribution is 2.53. The number of ether oxygens (including phenoxy) is 2. The summed E-state index contributed by atoms with van der Waals surface area (Å²) in [5.74, 6) is 4.40. The van der Waals surface area contributed by atoms with Crippen molar-refractivity contribution in [2.45, 2.75) is 38.1 Å². The predicted molar refractivity (Wildman–Crippen MR) is 109 cm³/mol. The highest BCUT2D eigenvalue weighted by molar-refractivity contribution is 7.13. The first-order chi connectivity index (χ1) is 13.7. The van der Waals surface area contributed by atoms with Crippen LogP contribution < -0.4 is 14.8 Å². The average molecular weight is 399 g/mol. The van der Waals surface area contributed by atoms with Crippen molar-refractivity contribution in [1.82, 2.24) is 10.3 Å². The summed E-state index contributed by atoms with van der Waals surface area (Å²) in [4.78, 5) is 17.6. The minimum atomic E-state index is -0.0400. The normalized spacial score (nSPS) is 30.3. The van der Waals surface area contributed by atoms with Crippen molar-refractivity contribution >= 4 is 17.2 Å². The third-order valence-electron chi connectivity index (χ3n) is 6.89. The van der Waals surface area contributed by atoms with Crippen molar-refractivity contribution in [2.24, 2.45) is 23.7 Å². The van der Waals surface area contributed by atoms with Gasteiger partial charge in [0.15, 0.2) is 11.5 Å². The van der Waals surface area contributed by atoms with Crippen LogP contribution in [0.25, 0.3) is 10.6 Å². The third-order valence-corrected chi connectivity index (χ3v) is 7.77. The van der Waals surface area contributed by atoms with Crippen LogP contribution >= 0.6 is 11.3 Å². The Balaban J connectivity index is 1.35. The Kier molecular flexibility index (Phi) is 4.54. The first-order valence-corrected chi connectivity index (χ1v) is 11.0. The Morgan fingerprint density at radius 2 is 1.79 bits per heavy atom. The number of hydrogen-bond acceptors (Lipinski definition) is 5. The second kappa shape index (κ2) is 7.07. The molecule has 1 aromatic carbocycles. The molecule has 4 aliphatic rings. The standard InChI is InChI=1S/C22H26N2O3S/c1-26-18-5-3-4-16(20(18)27-2)22-23-17(11-28-22)21(25)24-19-14-7-12-6-13(9-14)10-15(19)8-12/h3-5,11-15,19H,6-10H2,1-2H3,(H,24,25). The minimum absolute atomic E-state index is 0.0400. The lowest BCUT2D eigenvalue weighted by Crippen LogP contribution is -2.55. The van der Waals surface area contributed by atoms with Crippen LogP contribution in [0.4, 0.5) is 0 Å². The maximum atomic E-state index is 12.9. The van der Waals surface area contributed by atoms with Crippen molar-refractivity contribution in [1.29, 1.82) is 0 Å². The fourth-order valence-corrected chi connectivity index (χ4v) is 6.77. The number of para-hydroxylation sites is 1. The summed E-state index contributed by atoms with van der Waals surface area (Å²) in [5.41, 5.74) is 1.35. The fourth-order valence-electron chi connectivity index (χ4n) is 5.94. The highest BCUT2D eigenvalue weighted by Gasteiger charge is 2.48. The molecule has 5 nitrogen and oxygen atoms in total. The van der Waals surface area contributed by atoms with E-state index in [1.807, 2.05) is 23.6 Å². The van der Waals surface area contributed by atoms with Crippen LogP contribution in [0.2, 0.25) is 0 Å². The van der Waals surface area contributed by atoms with Crippen molar-refractivity contribution < 1.29 is 14.3 Å². The summed E-state index contributed by atoms with van der Waals surface area (Å²) < 4.78 is 10.9. The van der Waals surface area contributed by atoms with Crippen molar-refractivity contribution in [2.75, 3.05) is 14.2 Å². The largest absolute Gasteiger partial charge is 0.493 e. The predicted octanol–water partition coefficient (Wildman–Crippen LogP) is 4.38. The van der Waals surface area contributed by atoms with Gasteiger partial charge in [-0.1, -0.05) is 6.07 Å². The number of benzene rings is 1. The van der Waals surface area contributed by atoms with E-state index in [-0.39, 0.29) is 5.91 Å². The zero-order valence-corrected chi connectivity index (χ0v) is 17.1.